The molecule has 1 atom stereocenters. The summed E-state index contributed by atoms with van der Waals surface area (Å²) in [6, 6.07) is 9.26. The van der Waals surface area contributed by atoms with E-state index in [-0.39, 0.29) is 35.5 Å². The molecule has 0 saturated heterocycles. The minimum atomic E-state index is -4.51. The number of benzene rings is 1. The molecule has 0 spiro atoms. The molecule has 1 aliphatic carbocycles. The summed E-state index contributed by atoms with van der Waals surface area (Å²) in [7, 11) is -0.349. The normalized spacial score (nSPS) is 13.4. The average Bonchev–Trinajstić information content (AvgIpc) is 3.32. The van der Waals surface area contributed by atoms with Crippen molar-refractivity contribution in [3.8, 4) is 5.75 Å². The van der Waals surface area contributed by atoms with Gasteiger partial charge in [-0.25, -0.2) is 19.1 Å². The number of likely N-dealkylation sites (N-methyl/N-ethyl adjacent to an activating group) is 1. The van der Waals surface area contributed by atoms with E-state index in [9.17, 15) is 27.0 Å². The number of hydrogen-bond acceptors (Lipinski definition) is 7. The first-order valence-electron chi connectivity index (χ1n) is 12.3. The van der Waals surface area contributed by atoms with Crippen molar-refractivity contribution in [1.82, 2.24) is 19.4 Å². The van der Waals surface area contributed by atoms with Gasteiger partial charge in [0.25, 0.3) is 0 Å². The Hall–Kier alpha value is -4.00. The standard InChI is InChI=1S/C27H27F3N4O5S/c1-18-21(31-13-12-23(18)39-17-27(28,29)30)16-40(37)25-32-20-10-6-7-11-22(20)34(25)26(36)33(2)14-15-38-24(35)19-8-4-3-5-9-19/h3-6,8-10,12-13H,7,11,14-17H2,1-2H3. The van der Waals surface area contributed by atoms with Crippen molar-refractivity contribution in [2.45, 2.75) is 36.9 Å². The smallest absolute Gasteiger partial charge is 0.422 e. The van der Waals surface area contributed by atoms with Crippen LogP contribution in [0.5, 0.6) is 5.75 Å². The third-order valence-corrected chi connectivity index (χ3v) is 7.32. The van der Waals surface area contributed by atoms with E-state index in [1.807, 2.05) is 6.08 Å². The number of allylic oxidation sites excluding steroid dienone is 1. The second-order valence-corrected chi connectivity index (χ2v) is 10.3. The molecule has 2 aromatic heterocycles. The van der Waals surface area contributed by atoms with Gasteiger partial charge in [0, 0.05) is 18.8 Å². The van der Waals surface area contributed by atoms with Crippen LogP contribution in [0, 0.1) is 6.92 Å². The molecule has 0 N–H and O–H groups in total. The molecule has 40 heavy (non-hydrogen) atoms. The number of alkyl halides is 3. The summed E-state index contributed by atoms with van der Waals surface area (Å²) in [4.78, 5) is 35.7. The fourth-order valence-corrected chi connectivity index (χ4v) is 5.25. The molecule has 0 fully saturated rings. The fraction of sp³-hybridized carbons (Fsp3) is 0.333. The fourth-order valence-electron chi connectivity index (χ4n) is 3.99. The highest BCUT2D eigenvalue weighted by Gasteiger charge is 2.30. The highest BCUT2D eigenvalue weighted by atomic mass is 32.2. The number of halogens is 3. The lowest BCUT2D eigenvalue weighted by molar-refractivity contribution is -0.153. The zero-order chi connectivity index (χ0) is 28.9. The molecular weight excluding hydrogens is 549 g/mol. The van der Waals surface area contributed by atoms with Crippen LogP contribution in [0.25, 0.3) is 6.08 Å². The molecule has 0 saturated carbocycles. The summed E-state index contributed by atoms with van der Waals surface area (Å²) in [5.41, 5.74) is 2.07. The molecule has 0 aliphatic heterocycles. The Morgan fingerprint density at radius 3 is 2.65 bits per heavy atom. The summed E-state index contributed by atoms with van der Waals surface area (Å²) < 4.78 is 62.9. The van der Waals surface area contributed by atoms with Gasteiger partial charge in [0.1, 0.15) is 12.4 Å². The van der Waals surface area contributed by atoms with Crippen molar-refractivity contribution in [1.29, 1.82) is 0 Å². The van der Waals surface area contributed by atoms with Gasteiger partial charge in [-0.1, -0.05) is 24.3 Å². The SMILES string of the molecule is Cc1c(OCC(F)(F)F)ccnc1CS(=O)c1nc2c(n1C(=O)N(C)CCOC(=O)c1ccccc1)CCC=C2. The minimum Gasteiger partial charge on any atom is -0.484 e. The first kappa shape index (κ1) is 29.0. The number of imidazole rings is 1. The zero-order valence-electron chi connectivity index (χ0n) is 21.8. The molecule has 4 rings (SSSR count). The van der Waals surface area contributed by atoms with Gasteiger partial charge in [0.2, 0.25) is 5.16 Å². The largest absolute Gasteiger partial charge is 0.484 e. The van der Waals surface area contributed by atoms with Crippen molar-refractivity contribution >= 4 is 28.9 Å². The van der Waals surface area contributed by atoms with E-state index < -0.39 is 35.6 Å². The molecule has 1 unspecified atom stereocenters. The highest BCUT2D eigenvalue weighted by Crippen LogP contribution is 2.27. The zero-order valence-corrected chi connectivity index (χ0v) is 22.6. The number of pyridine rings is 1. The summed E-state index contributed by atoms with van der Waals surface area (Å²) in [6.07, 6.45) is 1.58. The molecule has 1 aliphatic rings. The summed E-state index contributed by atoms with van der Waals surface area (Å²) in [5, 5.41) is -0.00232. The Kier molecular flexibility index (Phi) is 9.03. The van der Waals surface area contributed by atoms with Crippen molar-refractivity contribution in [2.75, 3.05) is 26.8 Å². The predicted molar refractivity (Wildman–Crippen MR) is 140 cm³/mol. The third-order valence-electron chi connectivity index (χ3n) is 6.11. The Morgan fingerprint density at radius 1 is 1.18 bits per heavy atom. The summed E-state index contributed by atoms with van der Waals surface area (Å²) >= 11 is 0. The van der Waals surface area contributed by atoms with Crippen LogP contribution in [-0.4, -0.2) is 68.6 Å². The first-order valence-corrected chi connectivity index (χ1v) is 13.6. The minimum absolute atomic E-state index is 0.00232. The van der Waals surface area contributed by atoms with Crippen LogP contribution in [0.3, 0.4) is 0 Å². The summed E-state index contributed by atoms with van der Waals surface area (Å²) in [6.45, 7) is 0.0804. The number of fused-ring (bicyclic) bond motifs is 1. The van der Waals surface area contributed by atoms with E-state index in [1.54, 1.807) is 36.4 Å². The van der Waals surface area contributed by atoms with Crippen LogP contribution in [0.1, 0.15) is 39.4 Å². The van der Waals surface area contributed by atoms with Gasteiger partial charge in [0.15, 0.2) is 6.61 Å². The van der Waals surface area contributed by atoms with Gasteiger partial charge < -0.3 is 14.4 Å². The average molecular weight is 577 g/mol. The second-order valence-electron chi connectivity index (χ2n) is 8.98. The maximum Gasteiger partial charge on any atom is 0.422 e. The number of nitrogens with zero attached hydrogens (tertiary/aromatic N) is 4. The maximum absolute atomic E-state index is 13.5. The van der Waals surface area contributed by atoms with Gasteiger partial charge >= 0.3 is 18.2 Å². The van der Waals surface area contributed by atoms with Crippen LogP contribution in [0.4, 0.5) is 18.0 Å². The van der Waals surface area contributed by atoms with E-state index in [4.69, 9.17) is 9.47 Å². The highest BCUT2D eigenvalue weighted by molar-refractivity contribution is 7.84. The van der Waals surface area contributed by atoms with Crippen LogP contribution in [0.15, 0.2) is 53.8 Å². The van der Waals surface area contributed by atoms with Gasteiger partial charge in [-0.15, -0.1) is 0 Å². The number of amides is 1. The number of carbonyl (C=O) groups is 2. The molecule has 1 aromatic carbocycles. The lowest BCUT2D eigenvalue weighted by Crippen LogP contribution is -2.36. The Balaban J connectivity index is 1.51. The number of carbonyl (C=O) groups excluding carboxylic acids is 2. The van der Waals surface area contributed by atoms with Crippen molar-refractivity contribution in [3.05, 3.63) is 76.9 Å². The lowest BCUT2D eigenvalue weighted by atomic mass is 10.1. The van der Waals surface area contributed by atoms with Gasteiger partial charge in [-0.05, 0) is 44.0 Å². The lowest BCUT2D eigenvalue weighted by Gasteiger charge is -2.20. The molecule has 0 radical (unpaired) electrons. The molecular formula is C27H27F3N4O5S. The van der Waals surface area contributed by atoms with Gasteiger partial charge in [-0.3, -0.25) is 9.19 Å². The molecule has 0 bridgehead atoms. The topological polar surface area (TPSA) is 104 Å². The second kappa shape index (κ2) is 12.5. The van der Waals surface area contributed by atoms with Crippen LogP contribution >= 0.6 is 0 Å². The number of hydrogen-bond donors (Lipinski definition) is 0. The Bertz CT molecular complexity index is 1440. The van der Waals surface area contributed by atoms with Gasteiger partial charge in [-0.2, -0.15) is 13.2 Å². The van der Waals surface area contributed by atoms with E-state index in [0.29, 0.717) is 35.4 Å². The van der Waals surface area contributed by atoms with E-state index >= 15 is 0 Å². The molecule has 2 heterocycles. The summed E-state index contributed by atoms with van der Waals surface area (Å²) in [5.74, 6) is -0.733. The first-order chi connectivity index (χ1) is 19.0. The number of rotatable bonds is 9. The van der Waals surface area contributed by atoms with Crippen LogP contribution < -0.4 is 4.74 Å². The van der Waals surface area contributed by atoms with Crippen molar-refractivity contribution < 1.29 is 36.4 Å². The van der Waals surface area contributed by atoms with Crippen molar-refractivity contribution in [2.24, 2.45) is 0 Å². The molecule has 9 nitrogen and oxygen atoms in total. The molecule has 3 aromatic rings. The maximum atomic E-state index is 13.5. The number of ether oxygens (including phenoxy) is 2. The van der Waals surface area contributed by atoms with Crippen LogP contribution in [0.2, 0.25) is 0 Å². The Labute approximate surface area is 231 Å². The predicted octanol–water partition coefficient (Wildman–Crippen LogP) is 4.55. The third kappa shape index (κ3) is 6.95. The monoisotopic (exact) mass is 576 g/mol. The molecule has 1 amide bonds. The number of aromatic nitrogens is 3. The van der Waals surface area contributed by atoms with Crippen molar-refractivity contribution in [3.63, 3.8) is 0 Å². The Morgan fingerprint density at radius 2 is 1.93 bits per heavy atom. The van der Waals surface area contributed by atoms with E-state index in [1.165, 1.54) is 35.7 Å². The van der Waals surface area contributed by atoms with Gasteiger partial charge in [0.05, 0.1) is 45.7 Å². The number of esters is 1. The molecule has 13 heteroatoms. The van der Waals surface area contributed by atoms with Crippen LogP contribution in [-0.2, 0) is 27.7 Å². The van der Waals surface area contributed by atoms with E-state index in [0.717, 1.165) is 0 Å². The quantitative estimate of drug-likeness (QED) is 0.344. The van der Waals surface area contributed by atoms with E-state index in [2.05, 4.69) is 9.97 Å². The molecule has 212 valence electrons.